The number of ketones is 2. The van der Waals surface area contributed by atoms with Crippen LogP contribution >= 0.6 is 0 Å². The van der Waals surface area contributed by atoms with Gasteiger partial charge in [0.15, 0.2) is 5.78 Å². The molecular weight excluding hydrogens is 286 g/mol. The smallest absolute Gasteiger partial charge is 0.201 e. The fourth-order valence-electron chi connectivity index (χ4n) is 2.84. The maximum absolute atomic E-state index is 11.5. The Kier molecular flexibility index (Phi) is 11.2. The molecule has 1 aliphatic rings. The summed E-state index contributed by atoms with van der Waals surface area (Å²) < 4.78 is 0. The first kappa shape index (κ1) is 19.7. The molecule has 0 bridgehead atoms. The monoisotopic (exact) mass is 319 g/mol. The van der Waals surface area contributed by atoms with Gasteiger partial charge in [0.2, 0.25) is 5.78 Å². The van der Waals surface area contributed by atoms with Gasteiger partial charge in [0.25, 0.3) is 0 Å². The summed E-state index contributed by atoms with van der Waals surface area (Å²) in [5, 5.41) is 3.08. The zero-order chi connectivity index (χ0) is 16.8. The third kappa shape index (κ3) is 10.1. The Balaban J connectivity index is 1.85. The van der Waals surface area contributed by atoms with E-state index in [1.165, 1.54) is 88.9 Å². The lowest BCUT2D eigenvalue weighted by molar-refractivity contribution is -0.114. The Morgan fingerprint density at radius 2 is 1.26 bits per heavy atom. The largest absolute Gasteiger partial charge is 0.382 e. The molecule has 0 amide bonds. The maximum Gasteiger partial charge on any atom is 0.201 e. The van der Waals surface area contributed by atoms with Gasteiger partial charge in [0.1, 0.15) is 0 Å². The van der Waals surface area contributed by atoms with Crippen LogP contribution in [0.15, 0.2) is 23.9 Å². The molecule has 0 aromatic carbocycles. The molecule has 1 rings (SSSR count). The predicted octanol–water partition coefficient (Wildman–Crippen LogP) is 4.87. The summed E-state index contributed by atoms with van der Waals surface area (Å²) in [5.74, 6) is -0.203. The van der Waals surface area contributed by atoms with Crippen molar-refractivity contribution >= 4 is 11.6 Å². The van der Waals surface area contributed by atoms with Crippen LogP contribution in [-0.2, 0) is 9.59 Å². The second kappa shape index (κ2) is 13.1. The quantitative estimate of drug-likeness (QED) is 0.367. The van der Waals surface area contributed by atoms with Crippen LogP contribution in [0.4, 0.5) is 0 Å². The van der Waals surface area contributed by atoms with E-state index >= 15 is 0 Å². The molecule has 0 atom stereocenters. The zero-order valence-corrected chi connectivity index (χ0v) is 14.7. The van der Waals surface area contributed by atoms with Crippen LogP contribution in [0.1, 0.15) is 84.0 Å². The van der Waals surface area contributed by atoms with Gasteiger partial charge in [-0.15, -0.1) is 0 Å². The second-order valence-corrected chi connectivity index (χ2v) is 6.47. The first-order chi connectivity index (χ1) is 11.2. The van der Waals surface area contributed by atoms with Crippen molar-refractivity contribution in [2.75, 3.05) is 6.54 Å². The highest BCUT2D eigenvalue weighted by Gasteiger charge is 2.11. The number of hydrogen-bond acceptors (Lipinski definition) is 3. The van der Waals surface area contributed by atoms with Gasteiger partial charge >= 0.3 is 0 Å². The first-order valence-electron chi connectivity index (χ1n) is 9.46. The van der Waals surface area contributed by atoms with Crippen LogP contribution in [0, 0.1) is 0 Å². The minimum absolute atomic E-state index is 0.0939. The van der Waals surface area contributed by atoms with Crippen LogP contribution in [0.25, 0.3) is 0 Å². The Bertz CT molecular complexity index is 410. The molecule has 0 saturated carbocycles. The van der Waals surface area contributed by atoms with E-state index in [0.29, 0.717) is 5.70 Å². The maximum atomic E-state index is 11.5. The average molecular weight is 319 g/mol. The number of carbonyl (C=O) groups excluding carboxylic acids is 2. The van der Waals surface area contributed by atoms with Gasteiger partial charge in [-0.2, -0.15) is 0 Å². The summed E-state index contributed by atoms with van der Waals surface area (Å²) in [7, 11) is 0. The molecular formula is C20H33NO2. The third-order valence-electron chi connectivity index (χ3n) is 4.30. The Labute approximate surface area is 141 Å². The van der Waals surface area contributed by atoms with Gasteiger partial charge in [-0.25, -0.2) is 0 Å². The van der Waals surface area contributed by atoms with Crippen molar-refractivity contribution in [2.45, 2.75) is 84.0 Å². The van der Waals surface area contributed by atoms with Gasteiger partial charge in [-0.3, -0.25) is 9.59 Å². The number of allylic oxidation sites excluding steroid dienone is 3. The molecule has 0 fully saturated rings. The normalized spacial score (nSPS) is 14.2. The highest BCUT2D eigenvalue weighted by molar-refractivity contribution is 6.16. The lowest BCUT2D eigenvalue weighted by atomic mass is 10.1. The topological polar surface area (TPSA) is 46.2 Å². The Morgan fingerprint density at radius 1 is 0.739 bits per heavy atom. The second-order valence-electron chi connectivity index (χ2n) is 6.47. The van der Waals surface area contributed by atoms with E-state index in [-0.39, 0.29) is 11.6 Å². The number of hydrogen-bond donors (Lipinski definition) is 1. The standard InChI is InChI=1S/C20H33NO2/c1-2-3-4-5-6-7-8-9-10-11-12-13-16-21-19-17-18(22)14-15-20(19)23/h14-15,17,21H,2-13,16H2,1H3. The van der Waals surface area contributed by atoms with Gasteiger partial charge in [-0.05, 0) is 18.6 Å². The summed E-state index contributed by atoms with van der Waals surface area (Å²) in [4.78, 5) is 22.7. The minimum Gasteiger partial charge on any atom is -0.382 e. The molecule has 0 aliphatic heterocycles. The van der Waals surface area contributed by atoms with Crippen LogP contribution in [0.3, 0.4) is 0 Å². The lowest BCUT2D eigenvalue weighted by Crippen LogP contribution is -2.23. The predicted molar refractivity (Wildman–Crippen MR) is 96.3 cm³/mol. The van der Waals surface area contributed by atoms with E-state index < -0.39 is 0 Å². The van der Waals surface area contributed by atoms with E-state index in [9.17, 15) is 9.59 Å². The molecule has 0 saturated heterocycles. The summed E-state index contributed by atoms with van der Waals surface area (Å²) in [6, 6.07) is 0. The molecule has 0 spiro atoms. The minimum atomic E-state index is -0.109. The number of nitrogens with one attached hydrogen (secondary N) is 1. The molecule has 1 N–H and O–H groups in total. The van der Waals surface area contributed by atoms with Gasteiger partial charge in [0, 0.05) is 12.6 Å². The summed E-state index contributed by atoms with van der Waals surface area (Å²) in [6.45, 7) is 3.03. The highest BCUT2D eigenvalue weighted by atomic mass is 16.1. The van der Waals surface area contributed by atoms with Gasteiger partial charge in [-0.1, -0.05) is 77.6 Å². The van der Waals surface area contributed by atoms with Gasteiger partial charge in [0.05, 0.1) is 5.70 Å². The van der Waals surface area contributed by atoms with Crippen molar-refractivity contribution in [3.8, 4) is 0 Å². The van der Waals surface area contributed by atoms with Gasteiger partial charge < -0.3 is 5.32 Å². The number of rotatable bonds is 14. The van der Waals surface area contributed by atoms with E-state index in [2.05, 4.69) is 12.2 Å². The van der Waals surface area contributed by atoms with Crippen molar-refractivity contribution in [3.63, 3.8) is 0 Å². The average Bonchev–Trinajstić information content (AvgIpc) is 2.55. The summed E-state index contributed by atoms with van der Waals surface area (Å²) >= 11 is 0. The molecule has 0 radical (unpaired) electrons. The van der Waals surface area contributed by atoms with Crippen LogP contribution in [-0.4, -0.2) is 18.1 Å². The molecule has 3 nitrogen and oxygen atoms in total. The van der Waals surface area contributed by atoms with Crippen molar-refractivity contribution < 1.29 is 9.59 Å². The highest BCUT2D eigenvalue weighted by Crippen LogP contribution is 2.12. The van der Waals surface area contributed by atoms with Crippen LogP contribution in [0.2, 0.25) is 0 Å². The molecule has 0 aromatic rings. The van der Waals surface area contributed by atoms with Crippen molar-refractivity contribution in [3.05, 3.63) is 23.9 Å². The van der Waals surface area contributed by atoms with Crippen LogP contribution < -0.4 is 5.32 Å². The SMILES string of the molecule is CCCCCCCCCCCCCCNC1=CC(=O)C=CC1=O. The number of unbranched alkanes of at least 4 members (excludes halogenated alkanes) is 11. The van der Waals surface area contributed by atoms with Crippen molar-refractivity contribution in [1.29, 1.82) is 0 Å². The van der Waals surface area contributed by atoms with Crippen molar-refractivity contribution in [1.82, 2.24) is 5.32 Å². The third-order valence-corrected chi connectivity index (χ3v) is 4.30. The lowest BCUT2D eigenvalue weighted by Gasteiger charge is -2.10. The molecule has 0 aromatic heterocycles. The fraction of sp³-hybridized carbons (Fsp3) is 0.700. The Hall–Kier alpha value is -1.38. The summed E-state index contributed by atoms with van der Waals surface area (Å²) in [5.41, 5.74) is 0.445. The number of carbonyl (C=O) groups is 2. The van der Waals surface area contributed by atoms with E-state index in [1.54, 1.807) is 0 Å². The molecule has 3 heteroatoms. The van der Waals surface area contributed by atoms with Crippen molar-refractivity contribution in [2.24, 2.45) is 0 Å². The molecule has 130 valence electrons. The van der Waals surface area contributed by atoms with E-state index in [0.717, 1.165) is 13.0 Å². The van der Waals surface area contributed by atoms with E-state index in [1.807, 2.05) is 0 Å². The molecule has 0 heterocycles. The molecule has 0 unspecified atom stereocenters. The molecule has 23 heavy (non-hydrogen) atoms. The Morgan fingerprint density at radius 3 is 1.83 bits per heavy atom. The summed E-state index contributed by atoms with van der Waals surface area (Å²) in [6.07, 6.45) is 19.9. The van der Waals surface area contributed by atoms with Crippen LogP contribution in [0.5, 0.6) is 0 Å². The van der Waals surface area contributed by atoms with E-state index in [4.69, 9.17) is 0 Å². The first-order valence-corrected chi connectivity index (χ1v) is 9.46. The fourth-order valence-corrected chi connectivity index (χ4v) is 2.84. The zero-order valence-electron chi connectivity index (χ0n) is 14.7. The molecule has 1 aliphatic carbocycles.